The summed E-state index contributed by atoms with van der Waals surface area (Å²) >= 11 is 0. The molecule has 1 rings (SSSR count). The fraction of sp³-hybridized carbons (Fsp3) is 0.500. The van der Waals surface area contributed by atoms with Gasteiger partial charge < -0.3 is 10.7 Å². The van der Waals surface area contributed by atoms with E-state index in [0.717, 1.165) is 0 Å². The van der Waals surface area contributed by atoms with Crippen LogP contribution in [0.4, 0.5) is 11.6 Å². The van der Waals surface area contributed by atoms with Gasteiger partial charge in [0.2, 0.25) is 10.0 Å². The molecule has 9 heteroatoms. The molecule has 0 aliphatic heterocycles. The highest BCUT2D eigenvalue weighted by Crippen LogP contribution is 2.06. The highest BCUT2D eigenvalue weighted by atomic mass is 32.2. The van der Waals surface area contributed by atoms with E-state index in [1.807, 2.05) is 0 Å². The molecular weight excluding hydrogens is 244 g/mol. The quantitative estimate of drug-likeness (QED) is 0.447. The van der Waals surface area contributed by atoms with Gasteiger partial charge in [-0.25, -0.2) is 28.5 Å². The Bertz CT molecular complexity index is 461. The summed E-state index contributed by atoms with van der Waals surface area (Å²) < 4.78 is 24.1. The van der Waals surface area contributed by atoms with E-state index >= 15 is 0 Å². The van der Waals surface area contributed by atoms with Gasteiger partial charge in [-0.15, -0.1) is 0 Å². The van der Waals surface area contributed by atoms with E-state index in [-0.39, 0.29) is 12.3 Å². The number of sulfonamides is 1. The smallest absolute Gasteiger partial charge is 0.215 e. The van der Waals surface area contributed by atoms with Crippen molar-refractivity contribution in [2.24, 2.45) is 5.84 Å². The van der Waals surface area contributed by atoms with Crippen LogP contribution >= 0.6 is 0 Å². The molecule has 0 unspecified atom stereocenters. The number of anilines is 2. The number of hydrogen-bond acceptors (Lipinski definition) is 7. The van der Waals surface area contributed by atoms with E-state index in [2.05, 4.69) is 20.7 Å². The number of nitrogen functional groups attached to an aromatic ring is 1. The minimum Gasteiger partial charge on any atom is -0.369 e. The van der Waals surface area contributed by atoms with Gasteiger partial charge in [-0.05, 0) is 0 Å². The van der Waals surface area contributed by atoms with Crippen molar-refractivity contribution in [1.82, 2.24) is 14.3 Å². The van der Waals surface area contributed by atoms with Gasteiger partial charge in [0.25, 0.3) is 0 Å². The largest absolute Gasteiger partial charge is 0.369 e. The van der Waals surface area contributed by atoms with Crippen molar-refractivity contribution in [1.29, 1.82) is 0 Å². The first-order valence-corrected chi connectivity index (χ1v) is 6.49. The lowest BCUT2D eigenvalue weighted by molar-refractivity contribution is 0.521. The molecule has 96 valence electrons. The third-order valence-corrected chi connectivity index (χ3v) is 3.87. The summed E-state index contributed by atoms with van der Waals surface area (Å²) in [6, 6.07) is 1.59. The molecule has 0 saturated heterocycles. The highest BCUT2D eigenvalue weighted by molar-refractivity contribution is 7.89. The van der Waals surface area contributed by atoms with Crippen molar-refractivity contribution in [3.05, 3.63) is 12.4 Å². The lowest BCUT2D eigenvalue weighted by Crippen LogP contribution is -2.28. The number of nitrogens with two attached hydrogens (primary N) is 1. The zero-order valence-corrected chi connectivity index (χ0v) is 10.5. The number of nitrogens with zero attached hydrogens (tertiary/aromatic N) is 3. The van der Waals surface area contributed by atoms with E-state index in [1.165, 1.54) is 24.7 Å². The maximum absolute atomic E-state index is 11.5. The molecule has 0 atom stereocenters. The van der Waals surface area contributed by atoms with Gasteiger partial charge in [-0.1, -0.05) is 0 Å². The van der Waals surface area contributed by atoms with Crippen LogP contribution in [-0.2, 0) is 10.0 Å². The highest BCUT2D eigenvalue weighted by Gasteiger charge is 2.12. The maximum Gasteiger partial charge on any atom is 0.215 e. The summed E-state index contributed by atoms with van der Waals surface area (Å²) in [6.45, 7) is 0.265. The van der Waals surface area contributed by atoms with Crippen LogP contribution in [-0.4, -0.2) is 49.1 Å². The molecule has 8 nitrogen and oxygen atoms in total. The van der Waals surface area contributed by atoms with E-state index < -0.39 is 10.0 Å². The molecule has 1 aromatic rings. The first-order chi connectivity index (χ1) is 7.95. The third kappa shape index (κ3) is 4.13. The molecule has 0 aromatic carbocycles. The normalized spacial score (nSPS) is 11.5. The maximum atomic E-state index is 11.5. The van der Waals surface area contributed by atoms with Gasteiger partial charge >= 0.3 is 0 Å². The van der Waals surface area contributed by atoms with Gasteiger partial charge in [0.05, 0.1) is 5.75 Å². The second-order valence-corrected chi connectivity index (χ2v) is 5.76. The molecule has 17 heavy (non-hydrogen) atoms. The number of hydrogen-bond donors (Lipinski definition) is 3. The molecule has 0 saturated carbocycles. The topological polar surface area (TPSA) is 113 Å². The van der Waals surface area contributed by atoms with Crippen LogP contribution in [0.1, 0.15) is 0 Å². The van der Waals surface area contributed by atoms with Gasteiger partial charge in [0, 0.05) is 26.7 Å². The van der Waals surface area contributed by atoms with Crippen molar-refractivity contribution in [2.75, 3.05) is 37.1 Å². The first kappa shape index (κ1) is 13.6. The summed E-state index contributed by atoms with van der Waals surface area (Å²) in [5, 5.41) is 2.88. The summed E-state index contributed by atoms with van der Waals surface area (Å²) in [7, 11) is -0.204. The van der Waals surface area contributed by atoms with Gasteiger partial charge in [0.1, 0.15) is 18.0 Å². The standard InChI is InChI=1S/C8H16N6O2S/c1-14(2)17(15,16)4-3-10-7-5-8(13-9)12-6-11-7/h5-6H,3-4,9H2,1-2H3,(H2,10,11,12,13). The molecule has 0 radical (unpaired) electrons. The number of nitrogens with one attached hydrogen (secondary N) is 2. The monoisotopic (exact) mass is 260 g/mol. The summed E-state index contributed by atoms with van der Waals surface area (Å²) in [6.07, 6.45) is 1.33. The van der Waals surface area contributed by atoms with E-state index in [9.17, 15) is 8.42 Å². The minimum atomic E-state index is -3.20. The lowest BCUT2D eigenvalue weighted by Gasteiger charge is -2.11. The Balaban J connectivity index is 2.51. The first-order valence-electron chi connectivity index (χ1n) is 4.88. The predicted molar refractivity (Wildman–Crippen MR) is 65.8 cm³/mol. The average molecular weight is 260 g/mol. The fourth-order valence-electron chi connectivity index (χ4n) is 1.02. The van der Waals surface area contributed by atoms with E-state index in [4.69, 9.17) is 5.84 Å². The Labute approximate surface area is 100 Å². The third-order valence-electron chi connectivity index (χ3n) is 2.04. The molecule has 0 aliphatic carbocycles. The molecular formula is C8H16N6O2S. The molecule has 4 N–H and O–H groups in total. The number of hydrazine groups is 1. The Morgan fingerprint density at radius 1 is 1.35 bits per heavy atom. The summed E-state index contributed by atoms with van der Waals surface area (Å²) in [4.78, 5) is 7.75. The molecule has 1 aromatic heterocycles. The molecule has 1 heterocycles. The lowest BCUT2D eigenvalue weighted by atomic mass is 10.5. The number of aromatic nitrogens is 2. The van der Waals surface area contributed by atoms with Gasteiger partial charge in [0.15, 0.2) is 0 Å². The fourth-order valence-corrected chi connectivity index (χ4v) is 1.75. The summed E-state index contributed by atoms with van der Waals surface area (Å²) in [5.74, 6) is 6.15. The van der Waals surface area contributed by atoms with Crippen molar-refractivity contribution in [2.45, 2.75) is 0 Å². The van der Waals surface area contributed by atoms with Crippen LogP contribution in [0.25, 0.3) is 0 Å². The Hall–Kier alpha value is -1.45. The van der Waals surface area contributed by atoms with Crippen molar-refractivity contribution in [3.63, 3.8) is 0 Å². The molecule has 0 aliphatic rings. The zero-order valence-electron chi connectivity index (χ0n) is 9.71. The van der Waals surface area contributed by atoms with Crippen LogP contribution in [0.15, 0.2) is 12.4 Å². The van der Waals surface area contributed by atoms with Crippen LogP contribution < -0.4 is 16.6 Å². The molecule has 0 bridgehead atoms. The predicted octanol–water partition coefficient (Wildman–Crippen LogP) is -0.934. The Morgan fingerprint density at radius 2 is 2.00 bits per heavy atom. The molecule has 0 fully saturated rings. The Morgan fingerprint density at radius 3 is 2.59 bits per heavy atom. The molecule has 0 amide bonds. The van der Waals surface area contributed by atoms with Crippen LogP contribution in [0, 0.1) is 0 Å². The summed E-state index contributed by atoms with van der Waals surface area (Å²) in [5.41, 5.74) is 2.37. The SMILES string of the molecule is CN(C)S(=O)(=O)CCNc1cc(NN)ncn1. The van der Waals surface area contributed by atoms with Crippen LogP contribution in [0.5, 0.6) is 0 Å². The second-order valence-electron chi connectivity index (χ2n) is 3.46. The Kier molecular flexibility index (Phi) is 4.61. The van der Waals surface area contributed by atoms with Crippen LogP contribution in [0.3, 0.4) is 0 Å². The van der Waals surface area contributed by atoms with E-state index in [0.29, 0.717) is 11.6 Å². The number of rotatable bonds is 6. The van der Waals surface area contributed by atoms with Gasteiger partial charge in [-0.2, -0.15) is 0 Å². The van der Waals surface area contributed by atoms with Crippen molar-refractivity contribution in [3.8, 4) is 0 Å². The van der Waals surface area contributed by atoms with Crippen molar-refractivity contribution >= 4 is 21.7 Å². The molecule has 0 spiro atoms. The van der Waals surface area contributed by atoms with Crippen LogP contribution in [0.2, 0.25) is 0 Å². The van der Waals surface area contributed by atoms with Gasteiger partial charge in [-0.3, -0.25) is 0 Å². The average Bonchev–Trinajstić information content (AvgIpc) is 2.29. The zero-order chi connectivity index (χ0) is 12.9. The van der Waals surface area contributed by atoms with Crippen molar-refractivity contribution < 1.29 is 8.42 Å². The van der Waals surface area contributed by atoms with E-state index in [1.54, 1.807) is 6.07 Å². The minimum absolute atomic E-state index is 0.00457. The second kappa shape index (κ2) is 5.75.